The zero-order valence-corrected chi connectivity index (χ0v) is 11.5. The Morgan fingerprint density at radius 2 is 2.06 bits per heavy atom. The standard InChI is InChI=1S/C14H25NO2/c1-5-14(6-2,17-7-3)13(15-4)11-12-9-8-10-16-12/h8-10,13,15H,5-7,11H2,1-4H3. The van der Waals surface area contributed by atoms with Crippen molar-refractivity contribution in [1.82, 2.24) is 5.32 Å². The number of likely N-dealkylation sites (N-methyl/N-ethyl adjacent to an activating group) is 1. The van der Waals surface area contributed by atoms with Gasteiger partial charge in [0.15, 0.2) is 0 Å². The van der Waals surface area contributed by atoms with Crippen LogP contribution >= 0.6 is 0 Å². The lowest BCUT2D eigenvalue weighted by Gasteiger charge is -2.39. The first-order chi connectivity index (χ1) is 8.22. The number of furan rings is 1. The molecule has 0 aliphatic heterocycles. The molecule has 0 aromatic carbocycles. The van der Waals surface area contributed by atoms with Gasteiger partial charge >= 0.3 is 0 Å². The van der Waals surface area contributed by atoms with Gasteiger partial charge in [-0.2, -0.15) is 0 Å². The van der Waals surface area contributed by atoms with Crippen LogP contribution in [0.3, 0.4) is 0 Å². The predicted molar refractivity (Wildman–Crippen MR) is 70.2 cm³/mol. The molecule has 0 saturated carbocycles. The monoisotopic (exact) mass is 239 g/mol. The van der Waals surface area contributed by atoms with Crippen LogP contribution < -0.4 is 5.32 Å². The highest BCUT2D eigenvalue weighted by Gasteiger charge is 2.35. The molecule has 1 heterocycles. The topological polar surface area (TPSA) is 34.4 Å². The van der Waals surface area contributed by atoms with Crippen molar-refractivity contribution in [3.05, 3.63) is 24.2 Å². The second-order valence-corrected chi connectivity index (χ2v) is 4.33. The molecule has 0 radical (unpaired) electrons. The number of ether oxygens (including phenoxy) is 1. The minimum absolute atomic E-state index is 0.101. The molecule has 0 bridgehead atoms. The predicted octanol–water partition coefficient (Wildman–Crippen LogP) is 3.01. The molecule has 1 aromatic rings. The fraction of sp³-hybridized carbons (Fsp3) is 0.714. The summed E-state index contributed by atoms with van der Waals surface area (Å²) < 4.78 is 11.5. The lowest BCUT2D eigenvalue weighted by molar-refractivity contribution is -0.0712. The minimum Gasteiger partial charge on any atom is -0.469 e. The summed E-state index contributed by atoms with van der Waals surface area (Å²) in [6, 6.07) is 4.23. The van der Waals surface area contributed by atoms with Crippen LogP contribution in [-0.2, 0) is 11.2 Å². The lowest BCUT2D eigenvalue weighted by atomic mass is 9.85. The first kappa shape index (κ1) is 14.3. The van der Waals surface area contributed by atoms with Crippen molar-refractivity contribution in [2.75, 3.05) is 13.7 Å². The summed E-state index contributed by atoms with van der Waals surface area (Å²) in [5.74, 6) is 1.01. The van der Waals surface area contributed by atoms with Crippen molar-refractivity contribution in [2.24, 2.45) is 0 Å². The van der Waals surface area contributed by atoms with Gasteiger partial charge in [0, 0.05) is 19.1 Å². The van der Waals surface area contributed by atoms with Crippen molar-refractivity contribution < 1.29 is 9.15 Å². The first-order valence-corrected chi connectivity index (χ1v) is 6.56. The SMILES string of the molecule is CCOC(CC)(CC)C(Cc1ccco1)NC. The summed E-state index contributed by atoms with van der Waals surface area (Å²) in [6.45, 7) is 7.18. The molecular weight excluding hydrogens is 214 g/mol. The van der Waals surface area contributed by atoms with Crippen LogP contribution in [0.5, 0.6) is 0 Å². The number of hydrogen-bond acceptors (Lipinski definition) is 3. The summed E-state index contributed by atoms with van der Waals surface area (Å²) >= 11 is 0. The second-order valence-electron chi connectivity index (χ2n) is 4.33. The molecule has 3 heteroatoms. The van der Waals surface area contributed by atoms with Gasteiger partial charge in [-0.15, -0.1) is 0 Å². The maximum atomic E-state index is 6.03. The van der Waals surface area contributed by atoms with Gasteiger partial charge in [0.2, 0.25) is 0 Å². The van der Waals surface area contributed by atoms with Gasteiger partial charge in [0.25, 0.3) is 0 Å². The number of rotatable bonds is 8. The van der Waals surface area contributed by atoms with Gasteiger partial charge in [-0.3, -0.25) is 0 Å². The molecular formula is C14H25NO2. The van der Waals surface area contributed by atoms with E-state index in [9.17, 15) is 0 Å². The van der Waals surface area contributed by atoms with Crippen molar-refractivity contribution in [3.63, 3.8) is 0 Å². The minimum atomic E-state index is -0.101. The number of hydrogen-bond donors (Lipinski definition) is 1. The van der Waals surface area contributed by atoms with Crippen molar-refractivity contribution in [3.8, 4) is 0 Å². The molecule has 98 valence electrons. The Hall–Kier alpha value is -0.800. The largest absolute Gasteiger partial charge is 0.469 e. The van der Waals surface area contributed by atoms with Gasteiger partial charge in [-0.25, -0.2) is 0 Å². The van der Waals surface area contributed by atoms with Crippen LogP contribution in [0, 0.1) is 0 Å². The van der Waals surface area contributed by atoms with Gasteiger partial charge in [-0.1, -0.05) is 13.8 Å². The van der Waals surface area contributed by atoms with E-state index in [0.29, 0.717) is 0 Å². The molecule has 0 amide bonds. The smallest absolute Gasteiger partial charge is 0.105 e. The van der Waals surface area contributed by atoms with Gasteiger partial charge in [0.05, 0.1) is 11.9 Å². The average molecular weight is 239 g/mol. The van der Waals surface area contributed by atoms with E-state index in [-0.39, 0.29) is 11.6 Å². The van der Waals surface area contributed by atoms with E-state index < -0.39 is 0 Å². The third-order valence-corrected chi connectivity index (χ3v) is 3.60. The van der Waals surface area contributed by atoms with Crippen molar-refractivity contribution in [1.29, 1.82) is 0 Å². The summed E-state index contributed by atoms with van der Waals surface area (Å²) in [4.78, 5) is 0. The van der Waals surface area contributed by atoms with E-state index in [2.05, 4.69) is 26.1 Å². The average Bonchev–Trinajstić information content (AvgIpc) is 2.86. The fourth-order valence-corrected chi connectivity index (χ4v) is 2.52. The van der Waals surface area contributed by atoms with E-state index in [1.54, 1.807) is 6.26 Å². The maximum Gasteiger partial charge on any atom is 0.105 e. The Labute approximate surface area is 105 Å². The molecule has 1 unspecified atom stereocenters. The fourth-order valence-electron chi connectivity index (χ4n) is 2.52. The van der Waals surface area contributed by atoms with E-state index in [0.717, 1.165) is 31.6 Å². The van der Waals surface area contributed by atoms with Crippen LogP contribution in [0.15, 0.2) is 22.8 Å². The molecule has 0 aliphatic carbocycles. The van der Waals surface area contributed by atoms with Gasteiger partial charge in [0.1, 0.15) is 5.76 Å². The molecule has 1 rings (SSSR count). The highest BCUT2D eigenvalue weighted by Crippen LogP contribution is 2.27. The van der Waals surface area contributed by atoms with Crippen LogP contribution in [0.2, 0.25) is 0 Å². The summed E-state index contributed by atoms with van der Waals surface area (Å²) in [7, 11) is 1.99. The molecule has 17 heavy (non-hydrogen) atoms. The molecule has 0 spiro atoms. The van der Waals surface area contributed by atoms with Gasteiger partial charge in [-0.05, 0) is 38.9 Å². The quantitative estimate of drug-likeness (QED) is 0.757. The zero-order valence-electron chi connectivity index (χ0n) is 11.5. The molecule has 0 saturated heterocycles. The van der Waals surface area contributed by atoms with Crippen LogP contribution in [0.25, 0.3) is 0 Å². The molecule has 1 N–H and O–H groups in total. The normalized spacial score (nSPS) is 13.9. The highest BCUT2D eigenvalue weighted by molar-refractivity contribution is 5.04. The number of nitrogens with one attached hydrogen (secondary N) is 1. The van der Waals surface area contributed by atoms with Crippen molar-refractivity contribution in [2.45, 2.75) is 51.7 Å². The van der Waals surface area contributed by atoms with Crippen LogP contribution in [0.1, 0.15) is 39.4 Å². The highest BCUT2D eigenvalue weighted by atomic mass is 16.5. The van der Waals surface area contributed by atoms with Crippen molar-refractivity contribution >= 4 is 0 Å². The molecule has 1 atom stereocenters. The Morgan fingerprint density at radius 1 is 1.35 bits per heavy atom. The maximum absolute atomic E-state index is 6.03. The summed E-state index contributed by atoms with van der Waals surface area (Å²) in [6.07, 6.45) is 4.60. The third-order valence-electron chi connectivity index (χ3n) is 3.60. The Morgan fingerprint density at radius 3 is 2.47 bits per heavy atom. The zero-order chi connectivity index (χ0) is 12.7. The molecule has 0 fully saturated rings. The first-order valence-electron chi connectivity index (χ1n) is 6.56. The van der Waals surface area contributed by atoms with Gasteiger partial charge < -0.3 is 14.5 Å². The Kier molecular flexibility index (Phi) is 5.72. The van der Waals surface area contributed by atoms with E-state index >= 15 is 0 Å². The van der Waals surface area contributed by atoms with Crippen LogP contribution in [0.4, 0.5) is 0 Å². The Balaban J connectivity index is 2.80. The second kappa shape index (κ2) is 6.82. The lowest BCUT2D eigenvalue weighted by Crippen LogP contribution is -2.52. The van der Waals surface area contributed by atoms with E-state index in [1.807, 2.05) is 19.2 Å². The van der Waals surface area contributed by atoms with E-state index in [4.69, 9.17) is 9.15 Å². The summed E-state index contributed by atoms with van der Waals surface area (Å²) in [5, 5.41) is 3.38. The molecule has 3 nitrogen and oxygen atoms in total. The molecule has 1 aromatic heterocycles. The van der Waals surface area contributed by atoms with Crippen LogP contribution in [-0.4, -0.2) is 25.3 Å². The third kappa shape index (κ3) is 3.33. The summed E-state index contributed by atoms with van der Waals surface area (Å²) in [5.41, 5.74) is -0.101. The Bertz CT molecular complexity index is 291. The molecule has 0 aliphatic rings. The van der Waals surface area contributed by atoms with E-state index in [1.165, 1.54) is 0 Å².